The van der Waals surface area contributed by atoms with Crippen molar-refractivity contribution in [2.45, 2.75) is 25.2 Å². The summed E-state index contributed by atoms with van der Waals surface area (Å²) in [7, 11) is 0. The Kier molecular flexibility index (Phi) is 3.34. The van der Waals surface area contributed by atoms with E-state index >= 15 is 0 Å². The average molecular weight is 352 g/mol. The van der Waals surface area contributed by atoms with Crippen LogP contribution in [0.15, 0.2) is 28.8 Å². The second kappa shape index (κ2) is 5.72. The fraction of sp³-hybridized carbons (Fsp3) is 0.316. The van der Waals surface area contributed by atoms with Gasteiger partial charge < -0.3 is 19.1 Å². The highest BCUT2D eigenvalue weighted by Crippen LogP contribution is 2.42. The summed E-state index contributed by atoms with van der Waals surface area (Å²) in [6.45, 7) is 1.18. The number of rotatable bonds is 3. The largest absolute Gasteiger partial charge is 0.490 e. The maximum absolute atomic E-state index is 11.8. The van der Waals surface area contributed by atoms with Crippen LogP contribution in [0.2, 0.25) is 0 Å². The van der Waals surface area contributed by atoms with Gasteiger partial charge in [0, 0.05) is 23.6 Å². The van der Waals surface area contributed by atoms with Gasteiger partial charge >= 0.3 is 5.97 Å². The molecular formula is C19H16N2O5. The molecule has 2 aliphatic rings. The summed E-state index contributed by atoms with van der Waals surface area (Å²) >= 11 is 0. The van der Waals surface area contributed by atoms with Crippen LogP contribution in [0.5, 0.6) is 11.5 Å². The highest BCUT2D eigenvalue weighted by atomic mass is 16.5. The predicted octanol–water partition coefficient (Wildman–Crippen LogP) is 3.63. The molecule has 1 aromatic carbocycles. The number of benzene rings is 1. The molecule has 0 bridgehead atoms. The van der Waals surface area contributed by atoms with Crippen molar-refractivity contribution < 1.29 is 23.9 Å². The molecule has 7 heteroatoms. The molecule has 1 fully saturated rings. The number of nitrogens with zero attached hydrogens (tertiary/aromatic N) is 2. The van der Waals surface area contributed by atoms with E-state index in [0.717, 1.165) is 25.0 Å². The summed E-state index contributed by atoms with van der Waals surface area (Å²) in [5.74, 6) is 0.601. The van der Waals surface area contributed by atoms with Crippen LogP contribution < -0.4 is 9.47 Å². The second-order valence-electron chi connectivity index (χ2n) is 6.60. The smallest absolute Gasteiger partial charge is 0.336 e. The third-order valence-electron chi connectivity index (χ3n) is 4.71. The fourth-order valence-electron chi connectivity index (χ4n) is 3.23. The van der Waals surface area contributed by atoms with Gasteiger partial charge in [0.05, 0.1) is 24.2 Å². The van der Waals surface area contributed by atoms with Crippen LogP contribution in [0.3, 0.4) is 0 Å². The van der Waals surface area contributed by atoms with E-state index in [1.54, 1.807) is 12.1 Å². The number of carbonyl (C=O) groups is 1. The number of aromatic nitrogens is 2. The lowest BCUT2D eigenvalue weighted by Gasteiger charge is -2.08. The van der Waals surface area contributed by atoms with Crippen LogP contribution in [0.1, 0.15) is 41.2 Å². The van der Waals surface area contributed by atoms with Crippen molar-refractivity contribution in [1.29, 1.82) is 0 Å². The molecule has 132 valence electrons. The zero-order valence-electron chi connectivity index (χ0n) is 13.9. The Morgan fingerprint density at radius 3 is 2.69 bits per heavy atom. The van der Waals surface area contributed by atoms with Gasteiger partial charge in [-0.25, -0.2) is 9.78 Å². The van der Waals surface area contributed by atoms with Crippen molar-refractivity contribution in [2.24, 2.45) is 0 Å². The third-order valence-corrected chi connectivity index (χ3v) is 4.71. The van der Waals surface area contributed by atoms with Gasteiger partial charge in [0.2, 0.25) is 0 Å². The maximum Gasteiger partial charge on any atom is 0.336 e. The van der Waals surface area contributed by atoms with Crippen molar-refractivity contribution in [3.05, 3.63) is 35.5 Å². The molecule has 0 amide bonds. The van der Waals surface area contributed by atoms with Gasteiger partial charge in [0.25, 0.3) is 5.71 Å². The van der Waals surface area contributed by atoms with Crippen LogP contribution in [-0.2, 0) is 0 Å². The minimum Gasteiger partial charge on any atom is -0.490 e. The topological polar surface area (TPSA) is 94.7 Å². The predicted molar refractivity (Wildman–Crippen MR) is 91.8 cm³/mol. The number of carboxylic acid groups (broad SMARTS) is 1. The fourth-order valence-corrected chi connectivity index (χ4v) is 3.23. The summed E-state index contributed by atoms with van der Waals surface area (Å²) in [4.78, 5) is 16.3. The van der Waals surface area contributed by atoms with Crippen LogP contribution in [-0.4, -0.2) is 34.4 Å². The number of pyridine rings is 1. The van der Waals surface area contributed by atoms with Crippen LogP contribution in [0.4, 0.5) is 0 Å². The zero-order chi connectivity index (χ0) is 17.7. The maximum atomic E-state index is 11.8. The number of hydrogen-bond acceptors (Lipinski definition) is 6. The first-order chi connectivity index (χ1) is 12.7. The lowest BCUT2D eigenvalue weighted by molar-refractivity contribution is 0.0698. The Morgan fingerprint density at radius 2 is 1.92 bits per heavy atom. The number of ether oxygens (including phenoxy) is 2. The molecule has 3 heterocycles. The van der Waals surface area contributed by atoms with E-state index in [0.29, 0.717) is 47.3 Å². The highest BCUT2D eigenvalue weighted by molar-refractivity contribution is 6.06. The van der Waals surface area contributed by atoms with Gasteiger partial charge in [-0.1, -0.05) is 5.16 Å². The number of aromatic carboxylic acids is 1. The summed E-state index contributed by atoms with van der Waals surface area (Å²) < 4.78 is 16.7. The summed E-state index contributed by atoms with van der Waals surface area (Å²) in [6, 6.07) is 7.08. The molecule has 0 atom stereocenters. The first-order valence-corrected chi connectivity index (χ1v) is 8.64. The lowest BCUT2D eigenvalue weighted by atomic mass is 10.0. The molecule has 1 aliphatic heterocycles. The van der Waals surface area contributed by atoms with Gasteiger partial charge in [-0.15, -0.1) is 0 Å². The van der Waals surface area contributed by atoms with Crippen molar-refractivity contribution in [3.63, 3.8) is 0 Å². The van der Waals surface area contributed by atoms with E-state index in [1.807, 2.05) is 12.1 Å². The molecule has 0 spiro atoms. The minimum absolute atomic E-state index is 0.167. The second-order valence-corrected chi connectivity index (χ2v) is 6.60. The van der Waals surface area contributed by atoms with Gasteiger partial charge in [0.1, 0.15) is 5.69 Å². The molecule has 5 rings (SSSR count). The molecule has 0 saturated heterocycles. The molecule has 2 aromatic heterocycles. The summed E-state index contributed by atoms with van der Waals surface area (Å²) in [5.41, 5.74) is 2.34. The van der Waals surface area contributed by atoms with E-state index in [1.165, 1.54) is 0 Å². The molecule has 3 aromatic rings. The Balaban J connectivity index is 1.67. The normalized spacial score (nSPS) is 16.5. The Bertz CT molecular complexity index is 1020. The number of carboxylic acids is 1. The molecule has 1 aliphatic carbocycles. The van der Waals surface area contributed by atoms with Crippen LogP contribution in [0, 0.1) is 0 Å². The van der Waals surface area contributed by atoms with E-state index in [4.69, 9.17) is 14.0 Å². The van der Waals surface area contributed by atoms with Gasteiger partial charge in [-0.3, -0.25) is 0 Å². The standard InChI is InChI=1S/C19H16N2O5/c22-19(23)12-9-13(10-2-3-10)20-18-16(12)17(21-26-18)11-4-5-14-15(8-11)25-7-1-6-24-14/h4-5,8-10H,1-3,6-7H2,(H,22,23). The molecule has 26 heavy (non-hydrogen) atoms. The van der Waals surface area contributed by atoms with E-state index in [9.17, 15) is 9.90 Å². The van der Waals surface area contributed by atoms with Crippen LogP contribution in [0.25, 0.3) is 22.4 Å². The summed E-state index contributed by atoms with van der Waals surface area (Å²) in [6.07, 6.45) is 2.87. The van der Waals surface area contributed by atoms with E-state index < -0.39 is 5.97 Å². The van der Waals surface area contributed by atoms with Gasteiger partial charge in [-0.2, -0.15) is 0 Å². The SMILES string of the molecule is O=C(O)c1cc(C2CC2)nc2onc(-c3ccc4c(c3)OCCCO4)c12. The quantitative estimate of drug-likeness (QED) is 0.769. The molecule has 1 N–H and O–H groups in total. The Morgan fingerprint density at radius 1 is 1.12 bits per heavy atom. The highest BCUT2D eigenvalue weighted by Gasteiger charge is 2.29. The van der Waals surface area contributed by atoms with Crippen molar-refractivity contribution in [1.82, 2.24) is 10.1 Å². The molecule has 0 unspecified atom stereocenters. The van der Waals surface area contributed by atoms with E-state index in [2.05, 4.69) is 10.1 Å². The first kappa shape index (κ1) is 15.2. The Hall–Kier alpha value is -3.09. The van der Waals surface area contributed by atoms with Gasteiger partial charge in [-0.05, 0) is 37.1 Å². The van der Waals surface area contributed by atoms with Crippen molar-refractivity contribution in [2.75, 3.05) is 13.2 Å². The first-order valence-electron chi connectivity index (χ1n) is 8.64. The number of fused-ring (bicyclic) bond motifs is 2. The minimum atomic E-state index is -1.02. The average Bonchev–Trinajstić information content (AvgIpc) is 3.44. The monoisotopic (exact) mass is 352 g/mol. The molecular weight excluding hydrogens is 336 g/mol. The number of hydrogen-bond donors (Lipinski definition) is 1. The van der Waals surface area contributed by atoms with Crippen molar-refractivity contribution >= 4 is 17.1 Å². The van der Waals surface area contributed by atoms with Crippen LogP contribution >= 0.6 is 0 Å². The van der Waals surface area contributed by atoms with Crippen molar-refractivity contribution in [3.8, 4) is 22.8 Å². The Labute approximate surface area is 148 Å². The molecule has 7 nitrogen and oxygen atoms in total. The summed E-state index contributed by atoms with van der Waals surface area (Å²) in [5, 5.41) is 14.2. The lowest BCUT2D eigenvalue weighted by Crippen LogP contribution is -2.01. The molecule has 0 radical (unpaired) electrons. The third kappa shape index (κ3) is 2.47. The molecule has 1 saturated carbocycles. The zero-order valence-corrected chi connectivity index (χ0v) is 13.9. The van der Waals surface area contributed by atoms with E-state index in [-0.39, 0.29) is 11.3 Å². The van der Waals surface area contributed by atoms with Gasteiger partial charge in [0.15, 0.2) is 11.5 Å².